The van der Waals surface area contributed by atoms with E-state index in [0.717, 1.165) is 6.08 Å². The van der Waals surface area contributed by atoms with Crippen molar-refractivity contribution in [3.63, 3.8) is 0 Å². The predicted molar refractivity (Wildman–Crippen MR) is 65.7 cm³/mol. The summed E-state index contributed by atoms with van der Waals surface area (Å²) >= 11 is 0. The van der Waals surface area contributed by atoms with Crippen LogP contribution >= 0.6 is 0 Å². The average molecular weight is 286 g/mol. The van der Waals surface area contributed by atoms with Crippen LogP contribution in [0.25, 0.3) is 6.08 Å². The highest BCUT2D eigenvalue weighted by atomic mass is 19.3. The molecular weight excluding hydrogens is 274 g/mol. The molecule has 0 amide bonds. The van der Waals surface area contributed by atoms with Crippen molar-refractivity contribution in [2.24, 2.45) is 0 Å². The molecule has 5 nitrogen and oxygen atoms in total. The maximum atomic E-state index is 12.1. The first-order valence-electron chi connectivity index (χ1n) is 5.59. The van der Waals surface area contributed by atoms with Gasteiger partial charge in [0.15, 0.2) is 0 Å². The summed E-state index contributed by atoms with van der Waals surface area (Å²) in [5, 5.41) is 17.2. The second-order valence-electron chi connectivity index (χ2n) is 3.80. The molecule has 7 heteroatoms. The molecular formula is C13H12F2O5. The highest BCUT2D eigenvalue weighted by Gasteiger charge is 2.09. The molecule has 108 valence electrons. The summed E-state index contributed by atoms with van der Waals surface area (Å²) in [6, 6.07) is 3.95. The van der Waals surface area contributed by atoms with Gasteiger partial charge >= 0.3 is 18.6 Å². The minimum Gasteiger partial charge on any atom is -0.481 e. The molecule has 0 radical (unpaired) electrons. The third-order valence-corrected chi connectivity index (χ3v) is 2.36. The van der Waals surface area contributed by atoms with E-state index < -0.39 is 18.6 Å². The number of aryl methyl sites for hydroxylation is 1. The Labute approximate surface area is 113 Å². The van der Waals surface area contributed by atoms with Crippen LogP contribution in [0.3, 0.4) is 0 Å². The third-order valence-electron chi connectivity index (χ3n) is 2.36. The molecule has 0 fully saturated rings. The van der Waals surface area contributed by atoms with Gasteiger partial charge in [-0.2, -0.15) is 8.78 Å². The molecule has 2 N–H and O–H groups in total. The number of ether oxygens (including phenoxy) is 1. The minimum absolute atomic E-state index is 0.121. The monoisotopic (exact) mass is 286 g/mol. The van der Waals surface area contributed by atoms with Gasteiger partial charge in [-0.25, -0.2) is 4.79 Å². The van der Waals surface area contributed by atoms with Crippen LogP contribution in [-0.2, 0) is 16.0 Å². The molecule has 0 aliphatic rings. The number of hydrogen-bond acceptors (Lipinski definition) is 3. The lowest BCUT2D eigenvalue weighted by Gasteiger charge is -2.09. The number of carboxylic acids is 2. The summed E-state index contributed by atoms with van der Waals surface area (Å²) in [6.45, 7) is -2.99. The van der Waals surface area contributed by atoms with Crippen LogP contribution in [0.15, 0.2) is 24.3 Å². The Morgan fingerprint density at radius 2 is 2.00 bits per heavy atom. The maximum Gasteiger partial charge on any atom is 0.387 e. The van der Waals surface area contributed by atoms with Crippen molar-refractivity contribution < 1.29 is 33.3 Å². The van der Waals surface area contributed by atoms with Gasteiger partial charge < -0.3 is 14.9 Å². The molecule has 20 heavy (non-hydrogen) atoms. The largest absolute Gasteiger partial charge is 0.481 e. The molecule has 1 aromatic carbocycles. The summed E-state index contributed by atoms with van der Waals surface area (Å²) in [5.41, 5.74) is 0.860. The van der Waals surface area contributed by atoms with Gasteiger partial charge in [0.05, 0.1) is 0 Å². The van der Waals surface area contributed by atoms with Crippen LogP contribution in [0, 0.1) is 0 Å². The zero-order chi connectivity index (χ0) is 15.1. The number of aliphatic carboxylic acids is 2. The van der Waals surface area contributed by atoms with Crippen molar-refractivity contribution in [2.75, 3.05) is 0 Å². The lowest BCUT2D eigenvalue weighted by atomic mass is 10.0. The van der Waals surface area contributed by atoms with E-state index >= 15 is 0 Å². The Hall–Kier alpha value is -2.44. The van der Waals surface area contributed by atoms with E-state index in [2.05, 4.69) is 4.74 Å². The number of benzene rings is 1. The van der Waals surface area contributed by atoms with Gasteiger partial charge in [-0.15, -0.1) is 0 Å². The van der Waals surface area contributed by atoms with Crippen molar-refractivity contribution >= 4 is 18.0 Å². The first kappa shape index (κ1) is 15.6. The summed E-state index contributed by atoms with van der Waals surface area (Å²) in [7, 11) is 0. The Morgan fingerprint density at radius 1 is 1.30 bits per heavy atom. The van der Waals surface area contributed by atoms with Gasteiger partial charge in [0, 0.05) is 12.5 Å². The zero-order valence-corrected chi connectivity index (χ0v) is 10.3. The van der Waals surface area contributed by atoms with Crippen molar-refractivity contribution in [1.82, 2.24) is 0 Å². The van der Waals surface area contributed by atoms with E-state index in [1.807, 2.05) is 0 Å². The van der Waals surface area contributed by atoms with Crippen molar-refractivity contribution in [3.05, 3.63) is 35.4 Å². The second kappa shape index (κ2) is 7.22. The Morgan fingerprint density at radius 3 is 2.55 bits per heavy atom. The predicted octanol–water partition coefficient (Wildman–Crippen LogP) is 2.40. The van der Waals surface area contributed by atoms with Crippen molar-refractivity contribution in [1.29, 1.82) is 0 Å². The van der Waals surface area contributed by atoms with E-state index in [4.69, 9.17) is 10.2 Å². The Balaban J connectivity index is 3.02. The van der Waals surface area contributed by atoms with Gasteiger partial charge in [-0.3, -0.25) is 4.79 Å². The van der Waals surface area contributed by atoms with E-state index in [1.54, 1.807) is 0 Å². The first-order chi connectivity index (χ1) is 9.38. The van der Waals surface area contributed by atoms with Crippen LogP contribution in [0.5, 0.6) is 5.75 Å². The molecule has 1 rings (SSSR count). The Bertz CT molecular complexity index is 525. The number of halogens is 2. The summed E-state index contributed by atoms with van der Waals surface area (Å²) in [4.78, 5) is 21.0. The van der Waals surface area contributed by atoms with Gasteiger partial charge in [-0.1, -0.05) is 6.07 Å². The zero-order valence-electron chi connectivity index (χ0n) is 10.3. The summed E-state index contributed by atoms with van der Waals surface area (Å²) in [5.74, 6) is -2.33. The van der Waals surface area contributed by atoms with Gasteiger partial charge in [0.1, 0.15) is 5.75 Å². The number of carbonyl (C=O) groups is 2. The van der Waals surface area contributed by atoms with Gasteiger partial charge in [0.25, 0.3) is 0 Å². The normalized spacial score (nSPS) is 10.9. The summed E-state index contributed by atoms with van der Waals surface area (Å²) in [6.07, 6.45) is 2.05. The number of alkyl halides is 2. The van der Waals surface area contributed by atoms with Crippen molar-refractivity contribution in [3.8, 4) is 5.75 Å². The highest BCUT2D eigenvalue weighted by Crippen LogP contribution is 2.22. The third kappa shape index (κ3) is 5.47. The molecule has 0 aromatic heterocycles. The lowest BCUT2D eigenvalue weighted by Crippen LogP contribution is -2.03. The summed E-state index contributed by atoms with van der Waals surface area (Å²) < 4.78 is 28.4. The lowest BCUT2D eigenvalue weighted by molar-refractivity contribution is -0.137. The first-order valence-corrected chi connectivity index (χ1v) is 5.59. The van der Waals surface area contributed by atoms with E-state index in [-0.39, 0.29) is 18.6 Å². The molecule has 0 aliphatic heterocycles. The van der Waals surface area contributed by atoms with E-state index in [0.29, 0.717) is 11.1 Å². The fourth-order valence-corrected chi connectivity index (χ4v) is 1.53. The quantitative estimate of drug-likeness (QED) is 0.752. The number of rotatable bonds is 7. The molecule has 0 spiro atoms. The van der Waals surface area contributed by atoms with Crippen LogP contribution in [-0.4, -0.2) is 28.8 Å². The number of carboxylic acid groups (broad SMARTS) is 2. The maximum absolute atomic E-state index is 12.1. The number of hydrogen-bond donors (Lipinski definition) is 2. The fraction of sp³-hybridized carbons (Fsp3) is 0.231. The van der Waals surface area contributed by atoms with Gasteiger partial charge in [-0.05, 0) is 35.8 Å². The molecule has 0 bridgehead atoms. The molecule has 1 aromatic rings. The standard InChI is InChI=1S/C13H12F2O5/c14-13(15)20-10-4-1-8(2-5-11(16)17)9(7-10)3-6-12(18)19/h1,3-4,6-7,13H,2,5H2,(H,16,17)(H,18,19)/b6-3+. The average Bonchev–Trinajstić information content (AvgIpc) is 2.34. The SMILES string of the molecule is O=C(O)/C=C/c1cc(OC(F)F)ccc1CCC(=O)O. The smallest absolute Gasteiger partial charge is 0.387 e. The van der Waals surface area contributed by atoms with E-state index in [1.165, 1.54) is 24.3 Å². The fourth-order valence-electron chi connectivity index (χ4n) is 1.53. The van der Waals surface area contributed by atoms with Crippen LogP contribution in [0.4, 0.5) is 8.78 Å². The Kier molecular flexibility index (Phi) is 5.64. The molecule has 0 saturated carbocycles. The van der Waals surface area contributed by atoms with Crippen molar-refractivity contribution in [2.45, 2.75) is 19.5 Å². The van der Waals surface area contributed by atoms with E-state index in [9.17, 15) is 18.4 Å². The topological polar surface area (TPSA) is 83.8 Å². The minimum atomic E-state index is -2.99. The van der Waals surface area contributed by atoms with Crippen LogP contribution in [0.2, 0.25) is 0 Å². The molecule has 0 unspecified atom stereocenters. The molecule has 0 atom stereocenters. The highest BCUT2D eigenvalue weighted by molar-refractivity contribution is 5.85. The van der Waals surface area contributed by atoms with Gasteiger partial charge in [0.2, 0.25) is 0 Å². The molecule has 0 aliphatic carbocycles. The van der Waals surface area contributed by atoms with Crippen LogP contribution in [0.1, 0.15) is 17.5 Å². The molecule has 0 saturated heterocycles. The molecule has 0 heterocycles. The second-order valence-corrected chi connectivity index (χ2v) is 3.80. The van der Waals surface area contributed by atoms with Crippen LogP contribution < -0.4 is 4.74 Å².